The van der Waals surface area contributed by atoms with E-state index in [-0.39, 0.29) is 0 Å². The minimum Gasteiger partial charge on any atom is -0.361 e. The maximum atomic E-state index is 3.47. The molecule has 98 valence electrons. The smallest absolute Gasteiger partial charge is 0.0457 e. The Labute approximate surface area is 109 Å². The van der Waals surface area contributed by atoms with E-state index in [0.29, 0.717) is 0 Å². The second-order valence-corrected chi connectivity index (χ2v) is 5.13. The first kappa shape index (κ1) is 13.1. The van der Waals surface area contributed by atoms with Gasteiger partial charge in [-0.2, -0.15) is 0 Å². The van der Waals surface area contributed by atoms with Crippen molar-refractivity contribution in [2.45, 2.75) is 20.4 Å². The standard InChI is InChI=1S/C15H23N3/c1-12(2)9-16-7-8-17-10-13-11-18-15-6-4-3-5-14(13)15/h3-6,11-12,16-18H,7-10H2,1-2H3. The summed E-state index contributed by atoms with van der Waals surface area (Å²) in [7, 11) is 0. The number of fused-ring (bicyclic) bond motifs is 1. The van der Waals surface area contributed by atoms with Crippen LogP contribution in [0.2, 0.25) is 0 Å². The number of hydrogen-bond donors (Lipinski definition) is 3. The third kappa shape index (κ3) is 3.59. The SMILES string of the molecule is CC(C)CNCCNCc1c[nH]c2ccccc12. The molecule has 0 aliphatic heterocycles. The summed E-state index contributed by atoms with van der Waals surface area (Å²) < 4.78 is 0. The van der Waals surface area contributed by atoms with Crippen LogP contribution in [0.5, 0.6) is 0 Å². The summed E-state index contributed by atoms with van der Waals surface area (Å²) in [6.45, 7) is 8.51. The monoisotopic (exact) mass is 245 g/mol. The second-order valence-electron chi connectivity index (χ2n) is 5.13. The molecule has 0 aliphatic carbocycles. The van der Waals surface area contributed by atoms with E-state index in [1.807, 2.05) is 0 Å². The van der Waals surface area contributed by atoms with Crippen LogP contribution in [0.1, 0.15) is 19.4 Å². The van der Waals surface area contributed by atoms with E-state index >= 15 is 0 Å². The van der Waals surface area contributed by atoms with Crippen LogP contribution < -0.4 is 10.6 Å². The zero-order valence-electron chi connectivity index (χ0n) is 11.3. The number of hydrogen-bond acceptors (Lipinski definition) is 2. The van der Waals surface area contributed by atoms with Crippen molar-refractivity contribution in [3.8, 4) is 0 Å². The third-order valence-corrected chi connectivity index (χ3v) is 3.02. The summed E-state index contributed by atoms with van der Waals surface area (Å²) in [6.07, 6.45) is 2.10. The Hall–Kier alpha value is -1.32. The highest BCUT2D eigenvalue weighted by atomic mass is 14.9. The Kier molecular flexibility index (Phi) is 4.79. The van der Waals surface area contributed by atoms with Crippen molar-refractivity contribution >= 4 is 10.9 Å². The molecule has 0 fully saturated rings. The summed E-state index contributed by atoms with van der Waals surface area (Å²) in [4.78, 5) is 3.30. The van der Waals surface area contributed by atoms with Crippen LogP contribution >= 0.6 is 0 Å². The molecule has 3 heteroatoms. The molecule has 1 aromatic carbocycles. The average molecular weight is 245 g/mol. The van der Waals surface area contributed by atoms with Crippen LogP contribution in [-0.2, 0) is 6.54 Å². The van der Waals surface area contributed by atoms with Gasteiger partial charge in [0.2, 0.25) is 0 Å². The molecule has 0 bridgehead atoms. The molecule has 3 N–H and O–H groups in total. The fraction of sp³-hybridized carbons (Fsp3) is 0.467. The lowest BCUT2D eigenvalue weighted by atomic mass is 10.2. The number of para-hydroxylation sites is 1. The highest BCUT2D eigenvalue weighted by Crippen LogP contribution is 2.16. The number of rotatable bonds is 7. The van der Waals surface area contributed by atoms with Crippen LogP contribution in [-0.4, -0.2) is 24.6 Å². The molecule has 2 rings (SSSR count). The minimum absolute atomic E-state index is 0.721. The Morgan fingerprint density at radius 3 is 2.72 bits per heavy atom. The zero-order chi connectivity index (χ0) is 12.8. The Morgan fingerprint density at radius 2 is 1.89 bits per heavy atom. The molecule has 0 radical (unpaired) electrons. The van der Waals surface area contributed by atoms with Crippen molar-refractivity contribution in [3.05, 3.63) is 36.0 Å². The number of nitrogens with one attached hydrogen (secondary N) is 3. The van der Waals surface area contributed by atoms with E-state index in [4.69, 9.17) is 0 Å². The van der Waals surface area contributed by atoms with Gasteiger partial charge >= 0.3 is 0 Å². The van der Waals surface area contributed by atoms with Gasteiger partial charge in [-0.15, -0.1) is 0 Å². The van der Waals surface area contributed by atoms with Gasteiger partial charge in [0.05, 0.1) is 0 Å². The highest BCUT2D eigenvalue weighted by molar-refractivity contribution is 5.82. The first-order valence-corrected chi connectivity index (χ1v) is 6.74. The van der Waals surface area contributed by atoms with Gasteiger partial charge in [-0.1, -0.05) is 32.0 Å². The van der Waals surface area contributed by atoms with E-state index in [1.165, 1.54) is 16.5 Å². The summed E-state index contributed by atoms with van der Waals surface area (Å²) >= 11 is 0. The lowest BCUT2D eigenvalue weighted by Crippen LogP contribution is -2.29. The predicted molar refractivity (Wildman–Crippen MR) is 77.7 cm³/mol. The van der Waals surface area contributed by atoms with Crippen LogP contribution in [0.15, 0.2) is 30.5 Å². The topological polar surface area (TPSA) is 39.8 Å². The molecule has 0 saturated carbocycles. The molecule has 0 atom stereocenters. The second kappa shape index (κ2) is 6.57. The molecule has 3 nitrogen and oxygen atoms in total. The molecule has 0 saturated heterocycles. The molecular formula is C15H23N3. The van der Waals surface area contributed by atoms with E-state index in [1.54, 1.807) is 0 Å². The van der Waals surface area contributed by atoms with Crippen LogP contribution in [0.3, 0.4) is 0 Å². The molecule has 18 heavy (non-hydrogen) atoms. The molecule has 0 amide bonds. The minimum atomic E-state index is 0.721. The van der Waals surface area contributed by atoms with Crippen LogP contribution in [0.4, 0.5) is 0 Å². The van der Waals surface area contributed by atoms with Gasteiger partial charge in [-0.25, -0.2) is 0 Å². The molecule has 0 aliphatic rings. The summed E-state index contributed by atoms with van der Waals surface area (Å²) in [5, 5.41) is 8.22. The van der Waals surface area contributed by atoms with Gasteiger partial charge in [0.15, 0.2) is 0 Å². The maximum absolute atomic E-state index is 3.47. The molecule has 0 spiro atoms. The molecular weight excluding hydrogens is 222 g/mol. The largest absolute Gasteiger partial charge is 0.361 e. The predicted octanol–water partition coefficient (Wildman–Crippen LogP) is 2.50. The van der Waals surface area contributed by atoms with E-state index in [9.17, 15) is 0 Å². The summed E-state index contributed by atoms with van der Waals surface area (Å²) in [5.74, 6) is 0.721. The van der Waals surface area contributed by atoms with Crippen LogP contribution in [0.25, 0.3) is 10.9 Å². The van der Waals surface area contributed by atoms with Crippen molar-refractivity contribution in [1.82, 2.24) is 15.6 Å². The van der Waals surface area contributed by atoms with Crippen LogP contribution in [0, 0.1) is 5.92 Å². The van der Waals surface area contributed by atoms with Gasteiger partial charge < -0.3 is 15.6 Å². The Morgan fingerprint density at radius 1 is 1.11 bits per heavy atom. The van der Waals surface area contributed by atoms with Crippen molar-refractivity contribution in [1.29, 1.82) is 0 Å². The Bertz CT molecular complexity index is 473. The summed E-state index contributed by atoms with van der Waals surface area (Å²) in [5.41, 5.74) is 2.56. The van der Waals surface area contributed by atoms with Gasteiger partial charge in [-0.05, 0) is 24.1 Å². The quantitative estimate of drug-likeness (QED) is 0.656. The Balaban J connectivity index is 1.74. The van der Waals surface area contributed by atoms with Crippen molar-refractivity contribution < 1.29 is 0 Å². The van der Waals surface area contributed by atoms with E-state index in [0.717, 1.165) is 32.1 Å². The van der Waals surface area contributed by atoms with Gasteiger partial charge in [0.1, 0.15) is 0 Å². The van der Waals surface area contributed by atoms with E-state index in [2.05, 4.69) is 59.9 Å². The molecule has 0 unspecified atom stereocenters. The van der Waals surface area contributed by atoms with Gasteiger partial charge in [0, 0.05) is 36.7 Å². The van der Waals surface area contributed by atoms with Crippen molar-refractivity contribution in [2.24, 2.45) is 5.92 Å². The molecule has 1 aromatic heterocycles. The average Bonchev–Trinajstić information content (AvgIpc) is 2.77. The normalized spacial score (nSPS) is 11.5. The highest BCUT2D eigenvalue weighted by Gasteiger charge is 2.01. The van der Waals surface area contributed by atoms with Crippen molar-refractivity contribution in [2.75, 3.05) is 19.6 Å². The van der Waals surface area contributed by atoms with E-state index < -0.39 is 0 Å². The van der Waals surface area contributed by atoms with Gasteiger partial charge in [0.25, 0.3) is 0 Å². The number of aromatic amines is 1. The third-order valence-electron chi connectivity index (χ3n) is 3.02. The number of aromatic nitrogens is 1. The molecule has 1 heterocycles. The summed E-state index contributed by atoms with van der Waals surface area (Å²) in [6, 6.07) is 8.43. The maximum Gasteiger partial charge on any atom is 0.0457 e. The first-order chi connectivity index (χ1) is 8.77. The van der Waals surface area contributed by atoms with Gasteiger partial charge in [-0.3, -0.25) is 0 Å². The lowest BCUT2D eigenvalue weighted by Gasteiger charge is -2.08. The lowest BCUT2D eigenvalue weighted by molar-refractivity contribution is 0.536. The fourth-order valence-electron chi connectivity index (χ4n) is 2.07. The fourth-order valence-corrected chi connectivity index (χ4v) is 2.07. The number of benzene rings is 1. The molecule has 2 aromatic rings. The van der Waals surface area contributed by atoms with Crippen molar-refractivity contribution in [3.63, 3.8) is 0 Å². The first-order valence-electron chi connectivity index (χ1n) is 6.74. The zero-order valence-corrected chi connectivity index (χ0v) is 11.3. The number of H-pyrrole nitrogens is 1.